The second kappa shape index (κ2) is 5.89. The average Bonchev–Trinajstić information content (AvgIpc) is 2.39. The number of hydrazine groups is 1. The number of likely N-dealkylation sites (N-methyl/N-ethyl adjacent to an activating group) is 1. The molecule has 0 amide bonds. The molecule has 0 saturated carbocycles. The molecule has 0 spiro atoms. The van der Waals surface area contributed by atoms with Crippen molar-refractivity contribution in [2.75, 3.05) is 32.1 Å². The lowest BCUT2D eigenvalue weighted by Gasteiger charge is -2.42. The first-order valence-electron chi connectivity index (χ1n) is 6.25. The molecule has 18 heavy (non-hydrogen) atoms. The van der Waals surface area contributed by atoms with E-state index in [0.29, 0.717) is 12.1 Å². The minimum Gasteiger partial charge on any atom is -0.370 e. The van der Waals surface area contributed by atoms with Gasteiger partial charge in [0.25, 0.3) is 0 Å². The Morgan fingerprint density at radius 3 is 2.56 bits per heavy atom. The van der Waals surface area contributed by atoms with Crippen LogP contribution >= 0.6 is 11.6 Å². The van der Waals surface area contributed by atoms with Crippen molar-refractivity contribution in [2.45, 2.75) is 18.5 Å². The number of anilines is 1. The van der Waals surface area contributed by atoms with Gasteiger partial charge in [0.05, 0.1) is 0 Å². The van der Waals surface area contributed by atoms with Gasteiger partial charge in [0, 0.05) is 35.9 Å². The van der Waals surface area contributed by atoms with Crippen LogP contribution in [0.2, 0.25) is 5.02 Å². The zero-order valence-electron chi connectivity index (χ0n) is 10.9. The number of nitrogens with one attached hydrogen (secondary N) is 1. The van der Waals surface area contributed by atoms with E-state index in [2.05, 4.69) is 41.5 Å². The molecular weight excluding hydrogens is 248 g/mol. The summed E-state index contributed by atoms with van der Waals surface area (Å²) in [5.41, 5.74) is 4.15. The van der Waals surface area contributed by atoms with Crippen molar-refractivity contribution >= 4 is 17.3 Å². The Hall–Kier alpha value is -0.810. The molecule has 1 heterocycles. The predicted molar refractivity (Wildman–Crippen MR) is 76.9 cm³/mol. The Kier molecular flexibility index (Phi) is 4.45. The van der Waals surface area contributed by atoms with Gasteiger partial charge in [0.2, 0.25) is 0 Å². The van der Waals surface area contributed by atoms with Crippen LogP contribution in [0.4, 0.5) is 5.69 Å². The van der Waals surface area contributed by atoms with Crippen LogP contribution in [0.5, 0.6) is 0 Å². The van der Waals surface area contributed by atoms with E-state index in [4.69, 9.17) is 17.4 Å². The van der Waals surface area contributed by atoms with Crippen molar-refractivity contribution in [3.8, 4) is 0 Å². The molecule has 5 heteroatoms. The fourth-order valence-corrected chi connectivity index (χ4v) is 2.66. The zero-order chi connectivity index (χ0) is 13.1. The number of halogens is 1. The van der Waals surface area contributed by atoms with Crippen LogP contribution in [0.1, 0.15) is 6.42 Å². The summed E-state index contributed by atoms with van der Waals surface area (Å²) in [6, 6.07) is 8.79. The topological polar surface area (TPSA) is 44.5 Å². The first-order valence-corrected chi connectivity index (χ1v) is 6.62. The zero-order valence-corrected chi connectivity index (χ0v) is 11.7. The van der Waals surface area contributed by atoms with E-state index in [-0.39, 0.29) is 0 Å². The van der Waals surface area contributed by atoms with E-state index < -0.39 is 0 Å². The molecule has 4 nitrogen and oxygen atoms in total. The molecule has 0 radical (unpaired) electrons. The molecule has 1 fully saturated rings. The fraction of sp³-hybridized carbons (Fsp3) is 0.538. The molecule has 2 atom stereocenters. The molecular formula is C13H21ClN4. The summed E-state index contributed by atoms with van der Waals surface area (Å²) in [5.74, 6) is 5.62. The van der Waals surface area contributed by atoms with Crippen molar-refractivity contribution in [2.24, 2.45) is 5.84 Å². The Morgan fingerprint density at radius 2 is 2.00 bits per heavy atom. The summed E-state index contributed by atoms with van der Waals surface area (Å²) in [5, 5.41) is 0.779. The molecule has 100 valence electrons. The first-order chi connectivity index (χ1) is 8.61. The molecule has 1 aliphatic rings. The summed E-state index contributed by atoms with van der Waals surface area (Å²) < 4.78 is 0. The monoisotopic (exact) mass is 268 g/mol. The summed E-state index contributed by atoms with van der Waals surface area (Å²) in [6.07, 6.45) is 1.04. The van der Waals surface area contributed by atoms with E-state index >= 15 is 0 Å². The second-order valence-electron chi connectivity index (χ2n) is 5.02. The highest BCUT2D eigenvalue weighted by Gasteiger charge is 2.29. The van der Waals surface area contributed by atoms with Crippen LogP contribution in [0.25, 0.3) is 0 Å². The van der Waals surface area contributed by atoms with Crippen LogP contribution in [0.3, 0.4) is 0 Å². The van der Waals surface area contributed by atoms with Gasteiger partial charge in [-0.3, -0.25) is 11.3 Å². The van der Waals surface area contributed by atoms with E-state index in [0.717, 1.165) is 24.5 Å². The van der Waals surface area contributed by atoms with Crippen LogP contribution in [0, 0.1) is 0 Å². The summed E-state index contributed by atoms with van der Waals surface area (Å²) in [6.45, 7) is 1.99. The fourth-order valence-electron chi connectivity index (χ4n) is 2.54. The number of nitrogens with two attached hydrogens (primary N) is 1. The molecule has 0 aliphatic carbocycles. The van der Waals surface area contributed by atoms with Gasteiger partial charge in [0.15, 0.2) is 0 Å². The van der Waals surface area contributed by atoms with Crippen molar-refractivity contribution in [1.29, 1.82) is 0 Å². The largest absolute Gasteiger partial charge is 0.370 e. The van der Waals surface area contributed by atoms with Gasteiger partial charge in [-0.1, -0.05) is 11.6 Å². The molecule has 0 unspecified atom stereocenters. The maximum atomic E-state index is 5.92. The standard InChI is InChI=1S/C13H21ClN4/c1-17(2)13-9-18(8-7-12(13)16-15)11-5-3-10(14)4-6-11/h3-6,12-13,16H,7-9,15H2,1-2H3/t12-,13+/m0/s1. The Morgan fingerprint density at radius 1 is 1.33 bits per heavy atom. The molecule has 1 aliphatic heterocycles. The van der Waals surface area contributed by atoms with Crippen molar-refractivity contribution in [1.82, 2.24) is 10.3 Å². The Labute approximate surface area is 114 Å². The SMILES string of the molecule is CN(C)[C@@H]1CN(c2ccc(Cl)cc2)CC[C@@H]1NN. The minimum absolute atomic E-state index is 0.351. The van der Waals surface area contributed by atoms with Crippen LogP contribution in [-0.2, 0) is 0 Å². The van der Waals surface area contributed by atoms with Gasteiger partial charge < -0.3 is 9.80 Å². The number of piperidine rings is 1. The molecule has 0 aromatic heterocycles. The molecule has 2 rings (SSSR count). The average molecular weight is 269 g/mol. The van der Waals surface area contributed by atoms with E-state index in [9.17, 15) is 0 Å². The lowest BCUT2D eigenvalue weighted by molar-refractivity contribution is 0.204. The first kappa shape index (κ1) is 13.6. The number of hydrogen-bond acceptors (Lipinski definition) is 4. The van der Waals surface area contributed by atoms with Gasteiger partial charge in [0.1, 0.15) is 0 Å². The highest BCUT2D eigenvalue weighted by atomic mass is 35.5. The van der Waals surface area contributed by atoms with Crippen molar-refractivity contribution in [3.05, 3.63) is 29.3 Å². The van der Waals surface area contributed by atoms with Crippen LogP contribution in [-0.4, -0.2) is 44.2 Å². The number of rotatable bonds is 3. The third kappa shape index (κ3) is 2.95. The maximum absolute atomic E-state index is 5.92. The van der Waals surface area contributed by atoms with Crippen LogP contribution in [0.15, 0.2) is 24.3 Å². The second-order valence-corrected chi connectivity index (χ2v) is 5.45. The Bertz CT molecular complexity index is 379. The number of hydrogen-bond donors (Lipinski definition) is 2. The van der Waals surface area contributed by atoms with E-state index in [1.165, 1.54) is 5.69 Å². The number of benzene rings is 1. The molecule has 1 saturated heterocycles. The predicted octanol–water partition coefficient (Wildman–Crippen LogP) is 1.31. The summed E-state index contributed by atoms with van der Waals surface area (Å²) in [7, 11) is 4.20. The van der Waals surface area contributed by atoms with E-state index in [1.807, 2.05) is 12.1 Å². The lowest BCUT2D eigenvalue weighted by Crippen LogP contribution is -2.59. The summed E-state index contributed by atoms with van der Waals surface area (Å²) in [4.78, 5) is 4.61. The quantitative estimate of drug-likeness (QED) is 0.641. The molecule has 3 N–H and O–H groups in total. The third-order valence-electron chi connectivity index (χ3n) is 3.65. The lowest BCUT2D eigenvalue weighted by atomic mass is 9.98. The van der Waals surface area contributed by atoms with Crippen LogP contribution < -0.4 is 16.2 Å². The Balaban J connectivity index is 2.10. The molecule has 0 bridgehead atoms. The normalized spacial score (nSPS) is 24.6. The summed E-state index contributed by atoms with van der Waals surface area (Å²) >= 11 is 5.92. The smallest absolute Gasteiger partial charge is 0.0432 e. The van der Waals surface area contributed by atoms with Gasteiger partial charge in [-0.25, -0.2) is 0 Å². The van der Waals surface area contributed by atoms with Gasteiger partial charge in [-0.2, -0.15) is 0 Å². The van der Waals surface area contributed by atoms with Crippen molar-refractivity contribution in [3.63, 3.8) is 0 Å². The van der Waals surface area contributed by atoms with Gasteiger partial charge in [-0.05, 0) is 44.8 Å². The van der Waals surface area contributed by atoms with Gasteiger partial charge >= 0.3 is 0 Å². The highest BCUT2D eigenvalue weighted by Crippen LogP contribution is 2.23. The molecule has 1 aromatic rings. The minimum atomic E-state index is 0.351. The van der Waals surface area contributed by atoms with Gasteiger partial charge in [-0.15, -0.1) is 0 Å². The number of nitrogens with zero attached hydrogens (tertiary/aromatic N) is 2. The van der Waals surface area contributed by atoms with Crippen molar-refractivity contribution < 1.29 is 0 Å². The van der Waals surface area contributed by atoms with E-state index in [1.54, 1.807) is 0 Å². The third-order valence-corrected chi connectivity index (χ3v) is 3.90. The highest BCUT2D eigenvalue weighted by molar-refractivity contribution is 6.30. The molecule has 1 aromatic carbocycles. The maximum Gasteiger partial charge on any atom is 0.0432 e.